The second kappa shape index (κ2) is 8.09. The monoisotopic (exact) mass is 404 g/mol. The first-order valence-electron chi connectivity index (χ1n) is 11.5. The van der Waals surface area contributed by atoms with E-state index in [2.05, 4.69) is 56.5 Å². The number of benzene rings is 2. The Kier molecular flexibility index (Phi) is 5.65. The Morgan fingerprint density at radius 1 is 1.10 bits per heavy atom. The lowest BCUT2D eigenvalue weighted by molar-refractivity contribution is 0.0281. The Morgan fingerprint density at radius 2 is 1.87 bits per heavy atom. The van der Waals surface area contributed by atoms with Gasteiger partial charge < -0.3 is 10.6 Å². The molecule has 3 heteroatoms. The summed E-state index contributed by atoms with van der Waals surface area (Å²) in [5, 5.41) is 6.15. The van der Waals surface area contributed by atoms with Crippen molar-refractivity contribution < 1.29 is 4.79 Å². The molecule has 0 aromatic heterocycles. The van der Waals surface area contributed by atoms with Crippen LogP contribution in [-0.4, -0.2) is 12.6 Å². The van der Waals surface area contributed by atoms with Crippen molar-refractivity contribution in [2.24, 2.45) is 11.3 Å². The van der Waals surface area contributed by atoms with Gasteiger partial charge in [0.05, 0.1) is 0 Å². The zero-order valence-corrected chi connectivity index (χ0v) is 18.9. The molecule has 0 unspecified atom stereocenters. The largest absolute Gasteiger partial charge is 0.337 e. The van der Waals surface area contributed by atoms with Gasteiger partial charge in [-0.2, -0.15) is 0 Å². The highest BCUT2D eigenvalue weighted by Crippen LogP contribution is 2.57. The summed E-state index contributed by atoms with van der Waals surface area (Å²) in [6, 6.07) is 16.8. The van der Waals surface area contributed by atoms with E-state index in [1.54, 1.807) is 11.1 Å². The standard InChI is InChI=1S/C27H36N2O/c1-19(2)20-11-13-23-21(17-20)12-14-24-26(3,15-8-16-27(23,24)4)18-28-25(30)29-22-9-6-5-7-10-22/h5-7,9-11,13,17,19,24H,8,12,14-16,18H2,1-4H3,(H2,28,29,30)/t24-,26-,27-/m1/s1. The smallest absolute Gasteiger partial charge is 0.319 e. The van der Waals surface area contributed by atoms with Gasteiger partial charge in [-0.05, 0) is 77.2 Å². The third-order valence-corrected chi connectivity index (χ3v) is 7.85. The molecule has 0 aliphatic heterocycles. The summed E-state index contributed by atoms with van der Waals surface area (Å²) in [5.74, 6) is 1.16. The van der Waals surface area contributed by atoms with Gasteiger partial charge in [-0.3, -0.25) is 0 Å². The molecule has 0 heterocycles. The molecule has 2 aliphatic rings. The minimum atomic E-state index is -0.104. The van der Waals surface area contributed by atoms with E-state index in [9.17, 15) is 4.79 Å². The van der Waals surface area contributed by atoms with E-state index >= 15 is 0 Å². The minimum Gasteiger partial charge on any atom is -0.337 e. The Morgan fingerprint density at radius 3 is 2.60 bits per heavy atom. The van der Waals surface area contributed by atoms with Crippen LogP contribution in [0.15, 0.2) is 48.5 Å². The van der Waals surface area contributed by atoms with E-state index in [1.165, 1.54) is 31.2 Å². The molecule has 2 aliphatic carbocycles. The van der Waals surface area contributed by atoms with Crippen LogP contribution in [0, 0.1) is 11.3 Å². The van der Waals surface area contributed by atoms with Crippen LogP contribution in [0.25, 0.3) is 0 Å². The third kappa shape index (κ3) is 3.87. The van der Waals surface area contributed by atoms with E-state index in [0.29, 0.717) is 11.8 Å². The lowest BCUT2D eigenvalue weighted by Gasteiger charge is -2.55. The van der Waals surface area contributed by atoms with E-state index in [0.717, 1.165) is 18.7 Å². The highest BCUT2D eigenvalue weighted by Gasteiger charge is 2.51. The number of carbonyl (C=O) groups is 1. The Bertz CT molecular complexity index is 906. The number of anilines is 1. The highest BCUT2D eigenvalue weighted by molar-refractivity contribution is 5.89. The van der Waals surface area contributed by atoms with Crippen molar-refractivity contribution in [3.05, 3.63) is 65.2 Å². The van der Waals surface area contributed by atoms with E-state index in [-0.39, 0.29) is 16.9 Å². The number of amides is 2. The van der Waals surface area contributed by atoms with Crippen LogP contribution in [-0.2, 0) is 11.8 Å². The molecular weight excluding hydrogens is 368 g/mol. The average Bonchev–Trinajstić information content (AvgIpc) is 2.72. The van der Waals surface area contributed by atoms with Crippen LogP contribution < -0.4 is 10.6 Å². The Balaban J connectivity index is 1.51. The van der Waals surface area contributed by atoms with Crippen LogP contribution in [0.5, 0.6) is 0 Å². The van der Waals surface area contributed by atoms with Gasteiger partial charge in [-0.1, -0.05) is 70.5 Å². The van der Waals surface area contributed by atoms with Crippen molar-refractivity contribution in [2.45, 2.75) is 71.1 Å². The highest BCUT2D eigenvalue weighted by atomic mass is 16.2. The molecule has 0 spiro atoms. The van der Waals surface area contributed by atoms with Crippen molar-refractivity contribution in [3.8, 4) is 0 Å². The predicted molar refractivity (Wildman–Crippen MR) is 125 cm³/mol. The second-order valence-corrected chi connectivity index (χ2v) is 10.3. The van der Waals surface area contributed by atoms with Crippen LogP contribution in [0.3, 0.4) is 0 Å². The van der Waals surface area contributed by atoms with Crippen molar-refractivity contribution in [2.75, 3.05) is 11.9 Å². The van der Waals surface area contributed by atoms with Gasteiger partial charge in [-0.15, -0.1) is 0 Å². The van der Waals surface area contributed by atoms with Gasteiger partial charge in [0.1, 0.15) is 0 Å². The van der Waals surface area contributed by atoms with Gasteiger partial charge in [0, 0.05) is 12.2 Å². The maximum absolute atomic E-state index is 12.5. The lowest BCUT2D eigenvalue weighted by atomic mass is 9.49. The summed E-state index contributed by atoms with van der Waals surface area (Å²) in [6.07, 6.45) is 6.01. The fraction of sp³-hybridized carbons (Fsp3) is 0.519. The first-order valence-corrected chi connectivity index (χ1v) is 11.5. The number of hydrogen-bond acceptors (Lipinski definition) is 1. The first-order chi connectivity index (χ1) is 14.3. The molecule has 1 fully saturated rings. The second-order valence-electron chi connectivity index (χ2n) is 10.3. The van der Waals surface area contributed by atoms with Gasteiger partial charge in [-0.25, -0.2) is 4.79 Å². The summed E-state index contributed by atoms with van der Waals surface area (Å²) in [5.41, 5.74) is 5.72. The van der Waals surface area contributed by atoms with E-state index in [4.69, 9.17) is 0 Å². The molecule has 160 valence electrons. The van der Waals surface area contributed by atoms with Crippen molar-refractivity contribution in [1.29, 1.82) is 0 Å². The molecule has 2 amide bonds. The molecule has 2 N–H and O–H groups in total. The molecule has 0 bridgehead atoms. The predicted octanol–water partition coefficient (Wildman–Crippen LogP) is 6.64. The number of carbonyl (C=O) groups excluding carboxylic acids is 1. The molecule has 3 nitrogen and oxygen atoms in total. The molecule has 30 heavy (non-hydrogen) atoms. The Labute approximate surface area is 181 Å². The van der Waals surface area contributed by atoms with Crippen LogP contribution in [0.4, 0.5) is 10.5 Å². The summed E-state index contributed by atoms with van der Waals surface area (Å²) in [6.45, 7) is 10.2. The maximum Gasteiger partial charge on any atom is 0.319 e. The van der Waals surface area contributed by atoms with Gasteiger partial charge in [0.2, 0.25) is 0 Å². The van der Waals surface area contributed by atoms with Gasteiger partial charge in [0.25, 0.3) is 0 Å². The lowest BCUT2D eigenvalue weighted by Crippen LogP contribution is -2.53. The molecule has 0 radical (unpaired) electrons. The number of nitrogens with one attached hydrogen (secondary N) is 2. The summed E-state index contributed by atoms with van der Waals surface area (Å²) < 4.78 is 0. The molecule has 2 aromatic carbocycles. The summed E-state index contributed by atoms with van der Waals surface area (Å²) in [7, 11) is 0. The van der Waals surface area contributed by atoms with Crippen LogP contribution in [0.2, 0.25) is 0 Å². The van der Waals surface area contributed by atoms with Gasteiger partial charge >= 0.3 is 6.03 Å². The quantitative estimate of drug-likeness (QED) is 0.589. The van der Waals surface area contributed by atoms with Crippen LogP contribution >= 0.6 is 0 Å². The number of urea groups is 1. The minimum absolute atomic E-state index is 0.104. The number of rotatable bonds is 4. The molecule has 0 saturated heterocycles. The first kappa shape index (κ1) is 21.0. The van der Waals surface area contributed by atoms with Crippen molar-refractivity contribution in [3.63, 3.8) is 0 Å². The molecule has 2 aromatic rings. The molecule has 3 atom stereocenters. The van der Waals surface area contributed by atoms with Crippen molar-refractivity contribution >= 4 is 11.7 Å². The summed E-state index contributed by atoms with van der Waals surface area (Å²) in [4.78, 5) is 12.5. The van der Waals surface area contributed by atoms with Gasteiger partial charge in [0.15, 0.2) is 0 Å². The Hall–Kier alpha value is -2.29. The maximum atomic E-state index is 12.5. The number of fused-ring (bicyclic) bond motifs is 3. The third-order valence-electron chi connectivity index (χ3n) is 7.85. The van der Waals surface area contributed by atoms with E-state index < -0.39 is 0 Å². The van der Waals surface area contributed by atoms with Crippen molar-refractivity contribution in [1.82, 2.24) is 5.32 Å². The SMILES string of the molecule is CC(C)c1ccc2c(c1)CC[C@@H]1[C@@](C)(CNC(=O)Nc3ccccc3)CCC[C@]21C. The summed E-state index contributed by atoms with van der Waals surface area (Å²) >= 11 is 0. The number of para-hydroxylation sites is 1. The molecular formula is C27H36N2O. The fourth-order valence-corrected chi connectivity index (χ4v) is 6.19. The topological polar surface area (TPSA) is 41.1 Å². The number of aryl methyl sites for hydroxylation is 1. The fourth-order valence-electron chi connectivity index (χ4n) is 6.19. The van der Waals surface area contributed by atoms with Crippen LogP contribution in [0.1, 0.15) is 76.0 Å². The zero-order valence-electron chi connectivity index (χ0n) is 18.9. The zero-order chi connectivity index (χ0) is 21.4. The average molecular weight is 405 g/mol. The molecule has 4 rings (SSSR count). The molecule has 1 saturated carbocycles. The van der Waals surface area contributed by atoms with E-state index in [1.807, 2.05) is 30.3 Å². The number of hydrogen-bond donors (Lipinski definition) is 2. The normalized spacial score (nSPS) is 27.8.